The lowest BCUT2D eigenvalue weighted by Gasteiger charge is -2.08. The van der Waals surface area contributed by atoms with Crippen molar-refractivity contribution in [1.82, 2.24) is 9.38 Å². The molecule has 0 aliphatic rings. The van der Waals surface area contributed by atoms with Crippen LogP contribution in [0, 0.1) is 6.92 Å². The number of imidazole rings is 1. The number of aryl methyl sites for hydroxylation is 2. The van der Waals surface area contributed by atoms with Gasteiger partial charge in [0, 0.05) is 11.9 Å². The maximum Gasteiger partial charge on any atom is 0.338 e. The number of nitrogens with zero attached hydrogens (tertiary/aromatic N) is 2. The molecule has 0 radical (unpaired) electrons. The van der Waals surface area contributed by atoms with E-state index in [0.717, 1.165) is 29.7 Å². The smallest absolute Gasteiger partial charge is 0.338 e. The van der Waals surface area contributed by atoms with Crippen LogP contribution in [0.25, 0.3) is 5.65 Å². The predicted molar refractivity (Wildman–Crippen MR) is 104 cm³/mol. The molecule has 140 valence electrons. The fourth-order valence-corrected chi connectivity index (χ4v) is 2.94. The Morgan fingerprint density at radius 2 is 1.89 bits per heavy atom. The Morgan fingerprint density at radius 3 is 2.56 bits per heavy atom. The molecule has 1 aromatic carbocycles. The van der Waals surface area contributed by atoms with Crippen molar-refractivity contribution < 1.29 is 14.3 Å². The number of aromatic nitrogens is 2. The van der Waals surface area contributed by atoms with Gasteiger partial charge in [0.05, 0.1) is 17.9 Å². The van der Waals surface area contributed by atoms with E-state index in [9.17, 15) is 9.59 Å². The zero-order valence-electron chi connectivity index (χ0n) is 15.8. The third-order valence-corrected chi connectivity index (χ3v) is 4.21. The van der Waals surface area contributed by atoms with Crippen molar-refractivity contribution in [2.45, 2.75) is 33.6 Å². The molecule has 3 rings (SSSR count). The average molecular weight is 365 g/mol. The highest BCUT2D eigenvalue weighted by Gasteiger charge is 2.19. The molecular formula is C21H23N3O3. The molecule has 0 aliphatic carbocycles. The maximum absolute atomic E-state index is 12.9. The fraction of sp³-hybridized carbons (Fsp3) is 0.286. The van der Waals surface area contributed by atoms with E-state index in [2.05, 4.69) is 17.2 Å². The number of esters is 1. The normalized spacial score (nSPS) is 10.8. The Morgan fingerprint density at radius 1 is 1.15 bits per heavy atom. The summed E-state index contributed by atoms with van der Waals surface area (Å²) in [5.74, 6) is -0.601. The summed E-state index contributed by atoms with van der Waals surface area (Å²) in [4.78, 5) is 29.3. The second-order valence-corrected chi connectivity index (χ2v) is 6.34. The Labute approximate surface area is 158 Å². The van der Waals surface area contributed by atoms with Crippen LogP contribution in [0.3, 0.4) is 0 Å². The predicted octanol–water partition coefficient (Wildman–Crippen LogP) is 4.02. The number of pyridine rings is 1. The average Bonchev–Trinajstić information content (AvgIpc) is 3.00. The largest absolute Gasteiger partial charge is 0.462 e. The first-order valence-corrected chi connectivity index (χ1v) is 9.09. The molecule has 0 saturated heterocycles. The highest BCUT2D eigenvalue weighted by atomic mass is 16.5. The number of hydrogen-bond donors (Lipinski definition) is 1. The van der Waals surface area contributed by atoms with Crippen LogP contribution in [0.1, 0.15) is 52.4 Å². The van der Waals surface area contributed by atoms with Crippen LogP contribution in [-0.4, -0.2) is 27.9 Å². The van der Waals surface area contributed by atoms with Gasteiger partial charge in [-0.15, -0.1) is 0 Å². The first kappa shape index (κ1) is 18.6. The minimum atomic E-state index is -0.377. The molecule has 0 unspecified atom stereocenters. The Hall–Kier alpha value is -3.15. The standard InChI is InChI=1S/C21H23N3O3/c1-4-6-17-19(24-12-11-14(3)13-18(24)23-17)20(25)22-16-9-7-15(8-10-16)21(26)27-5-2/h7-13H,4-6H2,1-3H3,(H,22,25). The maximum atomic E-state index is 12.9. The third kappa shape index (κ3) is 4.00. The molecule has 1 N–H and O–H groups in total. The molecule has 0 spiro atoms. The van der Waals surface area contributed by atoms with Crippen LogP contribution in [0.5, 0.6) is 0 Å². The molecule has 0 bridgehead atoms. The van der Waals surface area contributed by atoms with Crippen molar-refractivity contribution in [3.05, 3.63) is 65.1 Å². The number of ether oxygens (including phenoxy) is 1. The molecule has 0 atom stereocenters. The highest BCUT2D eigenvalue weighted by Crippen LogP contribution is 2.18. The van der Waals surface area contributed by atoms with Crippen molar-refractivity contribution in [2.24, 2.45) is 0 Å². The van der Waals surface area contributed by atoms with Gasteiger partial charge in [-0.2, -0.15) is 0 Å². The van der Waals surface area contributed by atoms with Gasteiger partial charge in [0.2, 0.25) is 0 Å². The number of nitrogens with one attached hydrogen (secondary N) is 1. The minimum Gasteiger partial charge on any atom is -0.462 e. The van der Waals surface area contributed by atoms with Crippen LogP contribution in [-0.2, 0) is 11.2 Å². The first-order valence-electron chi connectivity index (χ1n) is 9.09. The number of carbonyl (C=O) groups excluding carboxylic acids is 2. The summed E-state index contributed by atoms with van der Waals surface area (Å²) in [6.45, 7) is 6.15. The summed E-state index contributed by atoms with van der Waals surface area (Å²) in [7, 11) is 0. The van der Waals surface area contributed by atoms with Crippen molar-refractivity contribution in [2.75, 3.05) is 11.9 Å². The molecule has 27 heavy (non-hydrogen) atoms. The van der Waals surface area contributed by atoms with Crippen LogP contribution in [0.2, 0.25) is 0 Å². The van der Waals surface area contributed by atoms with Crippen LogP contribution >= 0.6 is 0 Å². The molecule has 6 nitrogen and oxygen atoms in total. The topological polar surface area (TPSA) is 72.7 Å². The van der Waals surface area contributed by atoms with Gasteiger partial charge in [-0.1, -0.05) is 13.3 Å². The second-order valence-electron chi connectivity index (χ2n) is 6.34. The summed E-state index contributed by atoms with van der Waals surface area (Å²) in [6.07, 6.45) is 3.50. The number of amides is 1. The lowest BCUT2D eigenvalue weighted by Crippen LogP contribution is -2.16. The fourth-order valence-electron chi connectivity index (χ4n) is 2.94. The van der Waals surface area contributed by atoms with E-state index in [-0.39, 0.29) is 11.9 Å². The third-order valence-electron chi connectivity index (χ3n) is 4.21. The highest BCUT2D eigenvalue weighted by molar-refractivity contribution is 6.04. The summed E-state index contributed by atoms with van der Waals surface area (Å²) >= 11 is 0. The molecule has 3 aromatic rings. The summed E-state index contributed by atoms with van der Waals surface area (Å²) < 4.78 is 6.79. The number of hydrogen-bond acceptors (Lipinski definition) is 4. The summed E-state index contributed by atoms with van der Waals surface area (Å²) in [5, 5.41) is 2.90. The van der Waals surface area contributed by atoms with Gasteiger partial charge < -0.3 is 10.1 Å². The first-order chi connectivity index (χ1) is 13.0. The number of rotatable bonds is 6. The van der Waals surface area contributed by atoms with Crippen molar-refractivity contribution in [1.29, 1.82) is 0 Å². The molecule has 2 aromatic heterocycles. The van der Waals surface area contributed by atoms with E-state index < -0.39 is 0 Å². The van der Waals surface area contributed by atoms with Gasteiger partial charge >= 0.3 is 5.97 Å². The van der Waals surface area contributed by atoms with Crippen molar-refractivity contribution in [3.8, 4) is 0 Å². The van der Waals surface area contributed by atoms with Gasteiger partial charge in [-0.05, 0) is 62.2 Å². The van der Waals surface area contributed by atoms with Gasteiger partial charge in [0.1, 0.15) is 11.3 Å². The van der Waals surface area contributed by atoms with E-state index in [0.29, 0.717) is 23.6 Å². The van der Waals surface area contributed by atoms with Gasteiger partial charge in [-0.25, -0.2) is 9.78 Å². The van der Waals surface area contributed by atoms with E-state index in [4.69, 9.17) is 4.74 Å². The zero-order valence-corrected chi connectivity index (χ0v) is 15.8. The number of benzene rings is 1. The lowest BCUT2D eigenvalue weighted by atomic mass is 10.2. The molecular weight excluding hydrogens is 342 g/mol. The molecule has 1 amide bonds. The molecule has 0 fully saturated rings. The minimum absolute atomic E-state index is 0.223. The number of carbonyl (C=O) groups is 2. The van der Waals surface area contributed by atoms with Gasteiger partial charge in [-0.3, -0.25) is 9.20 Å². The van der Waals surface area contributed by atoms with Crippen LogP contribution in [0.4, 0.5) is 5.69 Å². The number of fused-ring (bicyclic) bond motifs is 1. The molecule has 2 heterocycles. The monoisotopic (exact) mass is 365 g/mol. The quantitative estimate of drug-likeness (QED) is 0.670. The second kappa shape index (κ2) is 8.03. The molecule has 6 heteroatoms. The van der Waals surface area contributed by atoms with Crippen LogP contribution < -0.4 is 5.32 Å². The number of anilines is 1. The van der Waals surface area contributed by atoms with E-state index in [1.165, 1.54) is 0 Å². The van der Waals surface area contributed by atoms with E-state index in [1.807, 2.05) is 29.7 Å². The Balaban J connectivity index is 1.87. The SMILES string of the molecule is CCCc1nc2cc(C)ccn2c1C(=O)Nc1ccc(C(=O)OCC)cc1. The zero-order chi connectivity index (χ0) is 19.4. The summed E-state index contributed by atoms with van der Waals surface area (Å²) in [6, 6.07) is 10.6. The lowest BCUT2D eigenvalue weighted by molar-refractivity contribution is 0.0526. The Kier molecular flexibility index (Phi) is 5.54. The van der Waals surface area contributed by atoms with Gasteiger partial charge in [0.25, 0.3) is 5.91 Å². The van der Waals surface area contributed by atoms with E-state index >= 15 is 0 Å². The van der Waals surface area contributed by atoms with E-state index in [1.54, 1.807) is 31.2 Å². The molecule has 0 aliphatic heterocycles. The van der Waals surface area contributed by atoms with Gasteiger partial charge in [0.15, 0.2) is 0 Å². The van der Waals surface area contributed by atoms with Crippen molar-refractivity contribution in [3.63, 3.8) is 0 Å². The van der Waals surface area contributed by atoms with Crippen molar-refractivity contribution >= 4 is 23.2 Å². The summed E-state index contributed by atoms with van der Waals surface area (Å²) in [5.41, 5.74) is 4.24. The van der Waals surface area contributed by atoms with Crippen LogP contribution in [0.15, 0.2) is 42.6 Å². The molecule has 0 saturated carbocycles. The Bertz CT molecular complexity index is 974.